The summed E-state index contributed by atoms with van der Waals surface area (Å²) < 4.78 is 14.6. The van der Waals surface area contributed by atoms with Gasteiger partial charge in [-0.2, -0.15) is 0 Å². The fourth-order valence-corrected chi connectivity index (χ4v) is 1.95. The standard InChI is InChI=1S/C16H28FN3/c1-6-8-11-20(7-2)15-14(17)13(9-10-18-15)12-19-16(3,4)5/h9-10,19H,6-8,11-12H2,1-5H3. The Bertz CT molecular complexity index is 413. The number of nitrogens with one attached hydrogen (secondary N) is 1. The summed E-state index contributed by atoms with van der Waals surface area (Å²) in [5.74, 6) is 0.288. The highest BCUT2D eigenvalue weighted by Crippen LogP contribution is 2.20. The maximum atomic E-state index is 14.6. The number of hydrogen-bond acceptors (Lipinski definition) is 3. The van der Waals surface area contributed by atoms with E-state index in [-0.39, 0.29) is 11.4 Å². The van der Waals surface area contributed by atoms with Crippen LogP contribution in [0.15, 0.2) is 12.3 Å². The summed E-state index contributed by atoms with van der Waals surface area (Å²) in [5.41, 5.74) is 0.655. The van der Waals surface area contributed by atoms with Gasteiger partial charge in [-0.15, -0.1) is 0 Å². The Labute approximate surface area is 122 Å². The van der Waals surface area contributed by atoms with Crippen molar-refractivity contribution in [1.29, 1.82) is 0 Å². The molecule has 0 radical (unpaired) electrons. The fraction of sp³-hybridized carbons (Fsp3) is 0.688. The summed E-state index contributed by atoms with van der Waals surface area (Å²) in [6, 6.07) is 1.76. The van der Waals surface area contributed by atoms with E-state index in [4.69, 9.17) is 0 Å². The van der Waals surface area contributed by atoms with Crippen molar-refractivity contribution < 1.29 is 4.39 Å². The van der Waals surface area contributed by atoms with Gasteiger partial charge in [0.15, 0.2) is 11.6 Å². The lowest BCUT2D eigenvalue weighted by molar-refractivity contribution is 0.418. The number of pyridine rings is 1. The van der Waals surface area contributed by atoms with Crippen molar-refractivity contribution >= 4 is 5.82 Å². The molecule has 0 aliphatic carbocycles. The number of anilines is 1. The first-order chi connectivity index (χ1) is 9.39. The van der Waals surface area contributed by atoms with Crippen molar-refractivity contribution in [2.45, 2.75) is 59.5 Å². The molecule has 1 aromatic rings. The lowest BCUT2D eigenvalue weighted by Crippen LogP contribution is -2.35. The van der Waals surface area contributed by atoms with Crippen LogP contribution in [0.25, 0.3) is 0 Å². The summed E-state index contributed by atoms with van der Waals surface area (Å²) in [6.07, 6.45) is 3.86. The molecule has 0 saturated carbocycles. The Morgan fingerprint density at radius 2 is 2.00 bits per heavy atom. The Morgan fingerprint density at radius 3 is 2.55 bits per heavy atom. The van der Waals surface area contributed by atoms with E-state index in [1.807, 2.05) is 11.8 Å². The third-order valence-electron chi connectivity index (χ3n) is 3.22. The van der Waals surface area contributed by atoms with E-state index in [2.05, 4.69) is 38.0 Å². The predicted octanol–water partition coefficient (Wildman–Crippen LogP) is 3.74. The van der Waals surface area contributed by atoms with Gasteiger partial charge in [0.2, 0.25) is 0 Å². The molecule has 0 amide bonds. The van der Waals surface area contributed by atoms with Crippen molar-refractivity contribution in [1.82, 2.24) is 10.3 Å². The molecule has 0 aliphatic rings. The van der Waals surface area contributed by atoms with Gasteiger partial charge in [-0.3, -0.25) is 0 Å². The number of unbranched alkanes of at least 4 members (excludes halogenated alkanes) is 1. The van der Waals surface area contributed by atoms with Crippen LogP contribution in [-0.2, 0) is 6.54 Å². The smallest absolute Gasteiger partial charge is 0.170 e. The second-order valence-corrected chi connectivity index (χ2v) is 6.14. The number of hydrogen-bond donors (Lipinski definition) is 1. The zero-order chi connectivity index (χ0) is 15.2. The van der Waals surface area contributed by atoms with Crippen LogP contribution in [0, 0.1) is 5.82 Å². The van der Waals surface area contributed by atoms with Crippen LogP contribution >= 0.6 is 0 Å². The van der Waals surface area contributed by atoms with Gasteiger partial charge in [0.25, 0.3) is 0 Å². The van der Waals surface area contributed by atoms with E-state index in [0.29, 0.717) is 17.9 Å². The maximum Gasteiger partial charge on any atom is 0.170 e. The van der Waals surface area contributed by atoms with Gasteiger partial charge in [-0.1, -0.05) is 13.3 Å². The SMILES string of the molecule is CCCCN(CC)c1nccc(CNC(C)(C)C)c1F. The summed E-state index contributed by atoms with van der Waals surface area (Å²) in [4.78, 5) is 6.24. The first-order valence-corrected chi connectivity index (χ1v) is 7.52. The summed E-state index contributed by atoms with van der Waals surface area (Å²) in [6.45, 7) is 12.6. The molecule has 0 bridgehead atoms. The molecule has 0 aromatic carbocycles. The molecule has 0 fully saturated rings. The molecule has 3 nitrogen and oxygen atoms in total. The van der Waals surface area contributed by atoms with Crippen LogP contribution in [0.2, 0.25) is 0 Å². The highest BCUT2D eigenvalue weighted by molar-refractivity contribution is 5.43. The van der Waals surface area contributed by atoms with Crippen LogP contribution < -0.4 is 10.2 Å². The molecule has 1 N–H and O–H groups in total. The van der Waals surface area contributed by atoms with Crippen LogP contribution in [0.4, 0.5) is 10.2 Å². The summed E-state index contributed by atoms with van der Waals surface area (Å²) in [7, 11) is 0. The molecule has 20 heavy (non-hydrogen) atoms. The van der Waals surface area contributed by atoms with E-state index in [9.17, 15) is 4.39 Å². The van der Waals surface area contributed by atoms with Crippen molar-refractivity contribution in [3.8, 4) is 0 Å². The minimum atomic E-state index is -0.192. The average molecular weight is 281 g/mol. The van der Waals surface area contributed by atoms with E-state index < -0.39 is 0 Å². The number of rotatable bonds is 7. The monoisotopic (exact) mass is 281 g/mol. The molecule has 1 heterocycles. The van der Waals surface area contributed by atoms with Gasteiger partial charge in [0.1, 0.15) is 0 Å². The second kappa shape index (κ2) is 7.58. The van der Waals surface area contributed by atoms with Crippen LogP contribution in [0.3, 0.4) is 0 Å². The van der Waals surface area contributed by atoms with Crippen LogP contribution in [0.1, 0.15) is 53.0 Å². The summed E-state index contributed by atoms with van der Waals surface area (Å²) in [5, 5.41) is 3.32. The predicted molar refractivity (Wildman–Crippen MR) is 83.6 cm³/mol. The first kappa shape index (κ1) is 16.9. The molecule has 4 heteroatoms. The van der Waals surface area contributed by atoms with Gasteiger partial charge in [-0.05, 0) is 40.2 Å². The van der Waals surface area contributed by atoms with E-state index in [1.54, 1.807) is 12.3 Å². The molecule has 1 rings (SSSR count). The molecule has 0 spiro atoms. The van der Waals surface area contributed by atoms with E-state index >= 15 is 0 Å². The van der Waals surface area contributed by atoms with Crippen molar-refractivity contribution in [2.75, 3.05) is 18.0 Å². The molecule has 1 aromatic heterocycles. The Morgan fingerprint density at radius 1 is 1.30 bits per heavy atom. The minimum absolute atomic E-state index is 0.0253. The topological polar surface area (TPSA) is 28.2 Å². The quantitative estimate of drug-likeness (QED) is 0.825. The number of aromatic nitrogens is 1. The Balaban J connectivity index is 2.87. The van der Waals surface area contributed by atoms with Crippen molar-refractivity contribution in [2.24, 2.45) is 0 Å². The first-order valence-electron chi connectivity index (χ1n) is 7.52. The number of nitrogens with zero attached hydrogens (tertiary/aromatic N) is 2. The minimum Gasteiger partial charge on any atom is -0.354 e. The average Bonchev–Trinajstić information content (AvgIpc) is 2.38. The highest BCUT2D eigenvalue weighted by atomic mass is 19.1. The Kier molecular flexibility index (Phi) is 6.40. The third-order valence-corrected chi connectivity index (χ3v) is 3.22. The lowest BCUT2D eigenvalue weighted by atomic mass is 10.1. The van der Waals surface area contributed by atoms with Gasteiger partial charge >= 0.3 is 0 Å². The van der Waals surface area contributed by atoms with Crippen molar-refractivity contribution in [3.05, 3.63) is 23.6 Å². The molecular weight excluding hydrogens is 253 g/mol. The normalized spacial score (nSPS) is 11.7. The van der Waals surface area contributed by atoms with Gasteiger partial charge in [-0.25, -0.2) is 9.37 Å². The van der Waals surface area contributed by atoms with Crippen LogP contribution in [-0.4, -0.2) is 23.6 Å². The number of halogens is 1. The van der Waals surface area contributed by atoms with E-state index in [1.165, 1.54) is 0 Å². The third kappa shape index (κ3) is 5.08. The highest BCUT2D eigenvalue weighted by Gasteiger charge is 2.16. The zero-order valence-corrected chi connectivity index (χ0v) is 13.5. The van der Waals surface area contributed by atoms with Crippen molar-refractivity contribution in [3.63, 3.8) is 0 Å². The van der Waals surface area contributed by atoms with E-state index in [0.717, 1.165) is 25.9 Å². The molecular formula is C16H28FN3. The zero-order valence-electron chi connectivity index (χ0n) is 13.5. The largest absolute Gasteiger partial charge is 0.354 e. The molecule has 0 atom stereocenters. The summed E-state index contributed by atoms with van der Waals surface area (Å²) >= 11 is 0. The van der Waals surface area contributed by atoms with Gasteiger partial charge in [0, 0.05) is 36.9 Å². The maximum absolute atomic E-state index is 14.6. The van der Waals surface area contributed by atoms with Gasteiger partial charge in [0.05, 0.1) is 0 Å². The second-order valence-electron chi connectivity index (χ2n) is 6.14. The van der Waals surface area contributed by atoms with Gasteiger partial charge < -0.3 is 10.2 Å². The fourth-order valence-electron chi connectivity index (χ4n) is 1.95. The molecule has 0 aliphatic heterocycles. The lowest BCUT2D eigenvalue weighted by Gasteiger charge is -2.24. The molecule has 114 valence electrons. The Hall–Kier alpha value is -1.16. The van der Waals surface area contributed by atoms with Crippen LogP contribution in [0.5, 0.6) is 0 Å². The molecule has 0 saturated heterocycles. The molecule has 0 unspecified atom stereocenters.